The van der Waals surface area contributed by atoms with Gasteiger partial charge in [-0.2, -0.15) is 0 Å². The van der Waals surface area contributed by atoms with Crippen molar-refractivity contribution < 1.29 is 14.5 Å². The standard InChI is InChI=1S/C23H26ClN3O2/c1-17-4-3-5-18(2)23(17)25-21(28)16-26-12-14-27(15-13-26)22(29)11-8-19-6-9-20(24)10-7-19/h3-11H,12-16H2,1-2H3,(H,25,28)/p+1/b11-8+. The number of anilines is 1. The molecule has 1 heterocycles. The zero-order valence-electron chi connectivity index (χ0n) is 16.9. The van der Waals surface area contributed by atoms with Crippen molar-refractivity contribution in [2.24, 2.45) is 0 Å². The van der Waals surface area contributed by atoms with Crippen LogP contribution in [0.5, 0.6) is 0 Å². The predicted octanol–water partition coefficient (Wildman–Crippen LogP) is 2.34. The zero-order chi connectivity index (χ0) is 20.8. The monoisotopic (exact) mass is 412 g/mol. The number of para-hydroxylation sites is 1. The van der Waals surface area contributed by atoms with Crippen LogP contribution >= 0.6 is 11.6 Å². The van der Waals surface area contributed by atoms with E-state index in [1.54, 1.807) is 24.3 Å². The molecule has 1 aliphatic heterocycles. The topological polar surface area (TPSA) is 53.9 Å². The van der Waals surface area contributed by atoms with Gasteiger partial charge in [0.05, 0.1) is 26.2 Å². The summed E-state index contributed by atoms with van der Waals surface area (Å²) in [5.41, 5.74) is 3.97. The van der Waals surface area contributed by atoms with Crippen LogP contribution in [0.15, 0.2) is 48.5 Å². The Morgan fingerprint density at radius 1 is 1.07 bits per heavy atom. The summed E-state index contributed by atoms with van der Waals surface area (Å²) in [6.07, 6.45) is 3.40. The maximum atomic E-state index is 12.5. The summed E-state index contributed by atoms with van der Waals surface area (Å²) in [5, 5.41) is 3.72. The molecule has 0 aromatic heterocycles. The number of nitrogens with zero attached hydrogens (tertiary/aromatic N) is 1. The Morgan fingerprint density at radius 2 is 1.69 bits per heavy atom. The lowest BCUT2D eigenvalue weighted by molar-refractivity contribution is -0.895. The molecule has 0 saturated carbocycles. The quantitative estimate of drug-likeness (QED) is 0.740. The highest BCUT2D eigenvalue weighted by Crippen LogP contribution is 2.18. The second kappa shape index (κ2) is 9.72. The third-order valence-electron chi connectivity index (χ3n) is 5.23. The lowest BCUT2D eigenvalue weighted by atomic mass is 10.1. The van der Waals surface area contributed by atoms with E-state index in [0.29, 0.717) is 24.7 Å². The fraction of sp³-hybridized carbons (Fsp3) is 0.304. The number of carbonyl (C=O) groups is 2. The van der Waals surface area contributed by atoms with Crippen LogP contribution in [-0.2, 0) is 9.59 Å². The second-order valence-electron chi connectivity index (χ2n) is 7.45. The van der Waals surface area contributed by atoms with E-state index in [-0.39, 0.29) is 11.8 Å². The second-order valence-corrected chi connectivity index (χ2v) is 7.89. The molecule has 6 heteroatoms. The Labute approximate surface area is 177 Å². The number of quaternary nitrogens is 1. The zero-order valence-corrected chi connectivity index (χ0v) is 17.6. The molecule has 0 atom stereocenters. The van der Waals surface area contributed by atoms with E-state index in [1.165, 1.54) is 4.90 Å². The third kappa shape index (κ3) is 5.92. The highest BCUT2D eigenvalue weighted by atomic mass is 35.5. The van der Waals surface area contributed by atoms with Gasteiger partial charge in [-0.3, -0.25) is 9.59 Å². The Bertz CT molecular complexity index is 881. The maximum Gasteiger partial charge on any atom is 0.279 e. The summed E-state index contributed by atoms with van der Waals surface area (Å²) in [4.78, 5) is 27.9. The van der Waals surface area contributed by atoms with Crippen molar-refractivity contribution in [3.63, 3.8) is 0 Å². The minimum atomic E-state index is -0.000938. The van der Waals surface area contributed by atoms with Gasteiger partial charge >= 0.3 is 0 Å². The van der Waals surface area contributed by atoms with Crippen LogP contribution in [0.4, 0.5) is 5.69 Å². The van der Waals surface area contributed by atoms with Crippen LogP contribution in [0.2, 0.25) is 5.02 Å². The molecule has 29 heavy (non-hydrogen) atoms. The van der Waals surface area contributed by atoms with Gasteiger partial charge in [-0.05, 0) is 48.7 Å². The van der Waals surface area contributed by atoms with E-state index in [9.17, 15) is 9.59 Å². The van der Waals surface area contributed by atoms with Gasteiger partial charge in [0.1, 0.15) is 0 Å². The van der Waals surface area contributed by atoms with E-state index in [4.69, 9.17) is 11.6 Å². The van der Waals surface area contributed by atoms with Crippen LogP contribution in [0, 0.1) is 13.8 Å². The molecular formula is C23H27ClN3O2+. The molecule has 2 aromatic rings. The van der Waals surface area contributed by atoms with Crippen LogP contribution < -0.4 is 10.2 Å². The van der Waals surface area contributed by atoms with Crippen molar-refractivity contribution >= 4 is 35.2 Å². The van der Waals surface area contributed by atoms with Gasteiger partial charge in [0.15, 0.2) is 6.54 Å². The average molecular weight is 413 g/mol. The van der Waals surface area contributed by atoms with Crippen molar-refractivity contribution in [3.8, 4) is 0 Å². The normalized spacial score (nSPS) is 14.9. The van der Waals surface area contributed by atoms with Gasteiger partial charge in [0, 0.05) is 16.8 Å². The van der Waals surface area contributed by atoms with E-state index in [2.05, 4.69) is 5.32 Å². The SMILES string of the molecule is Cc1cccc(C)c1NC(=O)C[NH+]1CCN(C(=O)/C=C/c2ccc(Cl)cc2)CC1. The highest BCUT2D eigenvalue weighted by molar-refractivity contribution is 6.30. The van der Waals surface area contributed by atoms with Gasteiger partial charge in [-0.15, -0.1) is 0 Å². The van der Waals surface area contributed by atoms with Crippen LogP contribution in [0.1, 0.15) is 16.7 Å². The highest BCUT2D eigenvalue weighted by Gasteiger charge is 2.24. The van der Waals surface area contributed by atoms with Crippen molar-refractivity contribution in [1.82, 2.24) is 4.90 Å². The van der Waals surface area contributed by atoms with Gasteiger partial charge in [0.25, 0.3) is 5.91 Å². The Morgan fingerprint density at radius 3 is 2.31 bits per heavy atom. The Kier molecular flexibility index (Phi) is 7.07. The lowest BCUT2D eigenvalue weighted by Gasteiger charge is -2.31. The molecular weight excluding hydrogens is 386 g/mol. The Balaban J connectivity index is 1.46. The minimum Gasteiger partial charge on any atom is -0.328 e. The molecule has 1 aliphatic rings. The number of carbonyl (C=O) groups excluding carboxylic acids is 2. The number of halogens is 1. The number of rotatable bonds is 5. The van der Waals surface area contributed by atoms with Crippen molar-refractivity contribution in [1.29, 1.82) is 0 Å². The first-order valence-corrected chi connectivity index (χ1v) is 10.2. The molecule has 0 spiro atoms. The average Bonchev–Trinajstić information content (AvgIpc) is 2.71. The van der Waals surface area contributed by atoms with Gasteiger partial charge in [-0.25, -0.2) is 0 Å². The molecule has 2 N–H and O–H groups in total. The number of hydrogen-bond donors (Lipinski definition) is 2. The lowest BCUT2D eigenvalue weighted by Crippen LogP contribution is -3.15. The molecule has 0 radical (unpaired) electrons. The third-order valence-corrected chi connectivity index (χ3v) is 5.48. The Hall–Kier alpha value is -2.63. The van der Waals surface area contributed by atoms with E-state index in [0.717, 1.165) is 35.5 Å². The first kappa shape index (κ1) is 21.1. The molecule has 0 bridgehead atoms. The van der Waals surface area contributed by atoms with E-state index in [1.807, 2.05) is 49.1 Å². The summed E-state index contributed by atoms with van der Waals surface area (Å²) in [5.74, 6) is 0.0128. The van der Waals surface area contributed by atoms with Crippen molar-refractivity contribution in [2.75, 3.05) is 38.0 Å². The number of amides is 2. The molecule has 0 aliphatic carbocycles. The largest absolute Gasteiger partial charge is 0.328 e. The predicted molar refractivity (Wildman–Crippen MR) is 117 cm³/mol. The van der Waals surface area contributed by atoms with Gasteiger partial charge in [0.2, 0.25) is 5.91 Å². The summed E-state index contributed by atoms with van der Waals surface area (Å²) in [6.45, 7) is 7.23. The first-order chi connectivity index (χ1) is 13.9. The van der Waals surface area contributed by atoms with E-state index < -0.39 is 0 Å². The molecule has 2 amide bonds. The summed E-state index contributed by atoms with van der Waals surface area (Å²) in [6, 6.07) is 13.3. The number of benzene rings is 2. The van der Waals surface area contributed by atoms with Crippen LogP contribution in [-0.4, -0.2) is 49.4 Å². The maximum absolute atomic E-state index is 12.5. The van der Waals surface area contributed by atoms with Gasteiger partial charge < -0.3 is 15.1 Å². The number of piperazine rings is 1. The fourth-order valence-corrected chi connectivity index (χ4v) is 3.62. The molecule has 1 fully saturated rings. The van der Waals surface area contributed by atoms with Crippen molar-refractivity contribution in [3.05, 3.63) is 70.3 Å². The fourth-order valence-electron chi connectivity index (χ4n) is 3.49. The smallest absolute Gasteiger partial charge is 0.279 e. The molecule has 0 unspecified atom stereocenters. The molecule has 3 rings (SSSR count). The number of nitrogens with one attached hydrogen (secondary N) is 2. The molecule has 2 aromatic carbocycles. The number of aryl methyl sites for hydroxylation is 2. The summed E-state index contributed by atoms with van der Waals surface area (Å²) < 4.78 is 0. The molecule has 5 nitrogen and oxygen atoms in total. The molecule has 1 saturated heterocycles. The van der Waals surface area contributed by atoms with Crippen LogP contribution in [0.25, 0.3) is 6.08 Å². The van der Waals surface area contributed by atoms with Crippen LogP contribution in [0.3, 0.4) is 0 Å². The summed E-state index contributed by atoms with van der Waals surface area (Å²) >= 11 is 5.88. The first-order valence-electron chi connectivity index (χ1n) is 9.84. The van der Waals surface area contributed by atoms with Crippen molar-refractivity contribution in [2.45, 2.75) is 13.8 Å². The molecule has 152 valence electrons. The van der Waals surface area contributed by atoms with E-state index >= 15 is 0 Å². The number of hydrogen-bond acceptors (Lipinski definition) is 2. The van der Waals surface area contributed by atoms with Gasteiger partial charge in [-0.1, -0.05) is 41.9 Å². The minimum absolute atomic E-state index is 0.000938. The summed E-state index contributed by atoms with van der Waals surface area (Å²) in [7, 11) is 0.